The summed E-state index contributed by atoms with van der Waals surface area (Å²) in [6.07, 6.45) is -5.55. The van der Waals surface area contributed by atoms with Crippen molar-refractivity contribution in [3.05, 3.63) is 48.0 Å². The van der Waals surface area contributed by atoms with E-state index in [9.17, 15) is 27.9 Å². The summed E-state index contributed by atoms with van der Waals surface area (Å²) in [5.74, 6) is -1.66. The van der Waals surface area contributed by atoms with Gasteiger partial charge in [0.1, 0.15) is 23.7 Å². The first-order chi connectivity index (χ1) is 14.3. The highest BCUT2D eigenvalue weighted by atomic mass is 19.4. The fourth-order valence-electron chi connectivity index (χ4n) is 2.52. The maximum atomic E-state index is 12.7. The van der Waals surface area contributed by atoms with Crippen LogP contribution < -0.4 is 14.8 Å². The normalized spacial score (nSPS) is 11.5. The first-order valence-electron chi connectivity index (χ1n) is 9.17. The third-order valence-electron chi connectivity index (χ3n) is 3.62. The predicted octanol–water partition coefficient (Wildman–Crippen LogP) is 4.85. The summed E-state index contributed by atoms with van der Waals surface area (Å²) in [7, 11) is 0. The van der Waals surface area contributed by atoms with Gasteiger partial charge in [0.2, 0.25) is 0 Å². The van der Waals surface area contributed by atoms with Crippen molar-refractivity contribution in [1.82, 2.24) is 5.32 Å². The molecule has 0 aromatic heterocycles. The van der Waals surface area contributed by atoms with Crippen LogP contribution in [-0.2, 0) is 4.74 Å². The van der Waals surface area contributed by atoms with Gasteiger partial charge in [0.25, 0.3) is 0 Å². The lowest BCUT2D eigenvalue weighted by atomic mass is 10.0. The fraction of sp³-hybridized carbons (Fsp3) is 0.333. The third-order valence-corrected chi connectivity index (χ3v) is 3.62. The minimum atomic E-state index is -4.91. The molecule has 0 bridgehead atoms. The maximum absolute atomic E-state index is 12.7. The zero-order valence-corrected chi connectivity index (χ0v) is 17.1. The van der Waals surface area contributed by atoms with Gasteiger partial charge in [-0.2, -0.15) is 0 Å². The van der Waals surface area contributed by atoms with Gasteiger partial charge in [-0.3, -0.25) is 0 Å². The molecule has 0 fully saturated rings. The number of para-hydroxylation sites is 1. The summed E-state index contributed by atoms with van der Waals surface area (Å²) in [5, 5.41) is 11.8. The number of carbonyl (C=O) groups excluding carboxylic acids is 1. The van der Waals surface area contributed by atoms with Crippen LogP contribution in [0.4, 0.5) is 18.0 Å². The molecule has 10 heteroatoms. The number of aromatic carboxylic acids is 1. The number of nitrogens with one attached hydrogen (secondary N) is 1. The van der Waals surface area contributed by atoms with Crippen molar-refractivity contribution < 1.29 is 42.1 Å². The molecule has 0 atom stereocenters. The number of halogens is 3. The SMILES string of the molecule is CC(C)(C)OC(=O)NCCOc1cc(C(=O)O)cc(-c2ccccc2OC(F)(F)F)c1. The molecule has 31 heavy (non-hydrogen) atoms. The van der Waals surface area contributed by atoms with Crippen LogP contribution in [0.3, 0.4) is 0 Å². The standard InChI is InChI=1S/C21H22F3NO6/c1-20(2,3)31-19(28)25-8-9-29-15-11-13(10-14(12-15)18(26)27)16-6-4-5-7-17(16)30-21(22,23)24/h4-7,10-12H,8-9H2,1-3H3,(H,25,28)(H,26,27). The molecule has 0 saturated carbocycles. The highest BCUT2D eigenvalue weighted by Gasteiger charge is 2.32. The monoisotopic (exact) mass is 441 g/mol. The van der Waals surface area contributed by atoms with Crippen LogP contribution >= 0.6 is 0 Å². The summed E-state index contributed by atoms with van der Waals surface area (Å²) in [5.41, 5.74) is -0.648. The lowest BCUT2D eigenvalue weighted by Gasteiger charge is -2.19. The molecule has 2 aromatic carbocycles. The van der Waals surface area contributed by atoms with Gasteiger partial charge >= 0.3 is 18.4 Å². The number of ether oxygens (including phenoxy) is 3. The maximum Gasteiger partial charge on any atom is 0.573 e. The quantitative estimate of drug-likeness (QED) is 0.597. The Bertz CT molecular complexity index is 937. The summed E-state index contributed by atoms with van der Waals surface area (Å²) in [4.78, 5) is 23.1. The van der Waals surface area contributed by atoms with Gasteiger partial charge in [0.05, 0.1) is 12.1 Å². The van der Waals surface area contributed by atoms with Crippen LogP contribution in [0.1, 0.15) is 31.1 Å². The Morgan fingerprint density at radius 1 is 1.06 bits per heavy atom. The van der Waals surface area contributed by atoms with Gasteiger partial charge in [-0.1, -0.05) is 18.2 Å². The molecule has 168 valence electrons. The van der Waals surface area contributed by atoms with E-state index in [0.717, 1.165) is 6.07 Å². The molecule has 0 spiro atoms. The molecule has 0 radical (unpaired) electrons. The van der Waals surface area contributed by atoms with E-state index in [1.165, 1.54) is 36.4 Å². The number of carboxylic acids is 1. The van der Waals surface area contributed by atoms with Crippen molar-refractivity contribution in [3.8, 4) is 22.6 Å². The first-order valence-corrected chi connectivity index (χ1v) is 9.17. The molecule has 2 N–H and O–H groups in total. The number of alkyl halides is 3. The van der Waals surface area contributed by atoms with E-state index >= 15 is 0 Å². The second kappa shape index (κ2) is 9.59. The Morgan fingerprint density at radius 3 is 2.35 bits per heavy atom. The van der Waals surface area contributed by atoms with Crippen LogP contribution in [0.5, 0.6) is 11.5 Å². The fourth-order valence-corrected chi connectivity index (χ4v) is 2.52. The summed E-state index contributed by atoms with van der Waals surface area (Å²) in [6, 6.07) is 9.19. The number of hydrogen-bond acceptors (Lipinski definition) is 5. The van der Waals surface area contributed by atoms with Crippen LogP contribution in [-0.4, -0.2) is 42.3 Å². The molecule has 0 aliphatic rings. The Hall–Kier alpha value is -3.43. The molecule has 2 rings (SSSR count). The van der Waals surface area contributed by atoms with Crippen molar-refractivity contribution in [2.24, 2.45) is 0 Å². The second-order valence-electron chi connectivity index (χ2n) is 7.37. The van der Waals surface area contributed by atoms with E-state index < -0.39 is 29.8 Å². The summed E-state index contributed by atoms with van der Waals surface area (Å²) in [6.45, 7) is 5.17. The van der Waals surface area contributed by atoms with Crippen molar-refractivity contribution in [2.45, 2.75) is 32.7 Å². The number of amides is 1. The topological polar surface area (TPSA) is 94.1 Å². The number of carbonyl (C=O) groups is 2. The average Bonchev–Trinajstić information content (AvgIpc) is 2.62. The summed E-state index contributed by atoms with van der Waals surface area (Å²) < 4.78 is 52.7. The van der Waals surface area contributed by atoms with Gasteiger partial charge in [-0.15, -0.1) is 13.2 Å². The van der Waals surface area contributed by atoms with Crippen LogP contribution in [0.15, 0.2) is 42.5 Å². The lowest BCUT2D eigenvalue weighted by molar-refractivity contribution is -0.274. The average molecular weight is 441 g/mol. The van der Waals surface area contributed by atoms with Gasteiger partial charge in [0.15, 0.2) is 0 Å². The van der Waals surface area contributed by atoms with Crippen molar-refractivity contribution >= 4 is 12.1 Å². The molecule has 2 aromatic rings. The molecular formula is C21H22F3NO6. The van der Waals surface area contributed by atoms with Crippen molar-refractivity contribution in [1.29, 1.82) is 0 Å². The van der Waals surface area contributed by atoms with E-state index in [1.807, 2.05) is 0 Å². The molecule has 7 nitrogen and oxygen atoms in total. The smallest absolute Gasteiger partial charge is 0.492 e. The molecule has 1 amide bonds. The Labute approximate surface area is 176 Å². The first kappa shape index (κ1) is 23.8. The van der Waals surface area contributed by atoms with Gasteiger partial charge in [-0.05, 0) is 50.6 Å². The zero-order chi connectivity index (χ0) is 23.2. The van der Waals surface area contributed by atoms with Gasteiger partial charge < -0.3 is 24.6 Å². The highest BCUT2D eigenvalue weighted by molar-refractivity contribution is 5.90. The highest BCUT2D eigenvalue weighted by Crippen LogP contribution is 2.35. The van der Waals surface area contributed by atoms with Crippen LogP contribution in [0.2, 0.25) is 0 Å². The van der Waals surface area contributed by atoms with E-state index in [2.05, 4.69) is 10.1 Å². The van der Waals surface area contributed by atoms with Crippen molar-refractivity contribution in [3.63, 3.8) is 0 Å². The molecule has 0 saturated heterocycles. The molecular weight excluding hydrogens is 419 g/mol. The van der Waals surface area contributed by atoms with Crippen LogP contribution in [0.25, 0.3) is 11.1 Å². The third kappa shape index (κ3) is 8.07. The number of benzene rings is 2. The second-order valence-corrected chi connectivity index (χ2v) is 7.37. The number of hydrogen-bond donors (Lipinski definition) is 2. The molecule has 0 heterocycles. The minimum absolute atomic E-state index is 0.0253. The number of carboxylic acid groups (broad SMARTS) is 1. The zero-order valence-electron chi connectivity index (χ0n) is 17.1. The van der Waals surface area contributed by atoms with Gasteiger partial charge in [-0.25, -0.2) is 9.59 Å². The molecule has 0 aliphatic carbocycles. The Morgan fingerprint density at radius 2 is 1.74 bits per heavy atom. The van der Waals surface area contributed by atoms with E-state index in [1.54, 1.807) is 20.8 Å². The Kier molecular flexibility index (Phi) is 7.37. The van der Waals surface area contributed by atoms with Crippen LogP contribution in [0, 0.1) is 0 Å². The minimum Gasteiger partial charge on any atom is -0.492 e. The van der Waals surface area contributed by atoms with E-state index in [4.69, 9.17) is 9.47 Å². The summed E-state index contributed by atoms with van der Waals surface area (Å²) >= 11 is 0. The number of alkyl carbamates (subject to hydrolysis) is 1. The van der Waals surface area contributed by atoms with E-state index in [0.29, 0.717) is 0 Å². The van der Waals surface area contributed by atoms with Gasteiger partial charge in [0, 0.05) is 5.56 Å². The molecule has 0 unspecified atom stereocenters. The Balaban J connectivity index is 2.19. The molecule has 0 aliphatic heterocycles. The lowest BCUT2D eigenvalue weighted by Crippen LogP contribution is -2.34. The van der Waals surface area contributed by atoms with E-state index in [-0.39, 0.29) is 35.6 Å². The predicted molar refractivity (Wildman–Crippen MR) is 105 cm³/mol. The largest absolute Gasteiger partial charge is 0.573 e. The van der Waals surface area contributed by atoms with Crippen molar-refractivity contribution in [2.75, 3.05) is 13.2 Å². The number of rotatable bonds is 7.